The molecule has 1 aromatic heterocycles. The topological polar surface area (TPSA) is 57.3 Å². The minimum atomic E-state index is -0.146. The molecule has 2 N–H and O–H groups in total. The fourth-order valence-corrected chi connectivity index (χ4v) is 2.18. The number of nitrogens with zero attached hydrogens (tertiary/aromatic N) is 2. The van der Waals surface area contributed by atoms with Crippen molar-refractivity contribution >= 4 is 23.1 Å². The summed E-state index contributed by atoms with van der Waals surface area (Å²) in [6.45, 7) is 0. The summed E-state index contributed by atoms with van der Waals surface area (Å²) in [6, 6.07) is 11.8. The highest BCUT2D eigenvalue weighted by atomic mass is 16.1. The zero-order valence-corrected chi connectivity index (χ0v) is 12.8. The fraction of sp³-hybridized carbons (Fsp3) is 0.294. The quantitative estimate of drug-likeness (QED) is 0.890. The van der Waals surface area contributed by atoms with Crippen molar-refractivity contribution < 1.29 is 4.79 Å². The summed E-state index contributed by atoms with van der Waals surface area (Å²) in [5, 5.41) is 6.24. The lowest BCUT2D eigenvalue weighted by Crippen LogP contribution is -2.17. The molecule has 1 aliphatic rings. The number of aromatic nitrogens is 1. The molecule has 0 unspecified atom stereocenters. The van der Waals surface area contributed by atoms with E-state index in [0.29, 0.717) is 17.4 Å². The van der Waals surface area contributed by atoms with Gasteiger partial charge >= 0.3 is 0 Å². The SMILES string of the molecule is CN(C)c1cccc(NC(=O)c2cccnc2NC2CC2)c1. The van der Waals surface area contributed by atoms with Gasteiger partial charge in [0, 0.05) is 37.7 Å². The Morgan fingerprint density at radius 3 is 2.77 bits per heavy atom. The Morgan fingerprint density at radius 2 is 2.05 bits per heavy atom. The van der Waals surface area contributed by atoms with E-state index in [1.165, 1.54) is 0 Å². The number of hydrogen-bond donors (Lipinski definition) is 2. The van der Waals surface area contributed by atoms with E-state index >= 15 is 0 Å². The first-order valence-electron chi connectivity index (χ1n) is 7.44. The van der Waals surface area contributed by atoms with Gasteiger partial charge in [0.1, 0.15) is 5.82 Å². The van der Waals surface area contributed by atoms with Crippen LogP contribution in [0, 0.1) is 0 Å². The molecule has 0 aliphatic heterocycles. The highest BCUT2D eigenvalue weighted by Gasteiger charge is 2.23. The van der Waals surface area contributed by atoms with Crippen LogP contribution in [0.15, 0.2) is 42.6 Å². The van der Waals surface area contributed by atoms with E-state index in [0.717, 1.165) is 24.2 Å². The van der Waals surface area contributed by atoms with Crippen molar-refractivity contribution in [2.45, 2.75) is 18.9 Å². The van der Waals surface area contributed by atoms with Crippen molar-refractivity contribution in [3.05, 3.63) is 48.2 Å². The highest BCUT2D eigenvalue weighted by Crippen LogP contribution is 2.26. The molecule has 22 heavy (non-hydrogen) atoms. The van der Waals surface area contributed by atoms with Gasteiger partial charge in [0.2, 0.25) is 0 Å². The van der Waals surface area contributed by atoms with E-state index in [4.69, 9.17) is 0 Å². The minimum absolute atomic E-state index is 0.146. The third-order valence-electron chi connectivity index (χ3n) is 3.59. The predicted molar refractivity (Wildman–Crippen MR) is 89.6 cm³/mol. The van der Waals surface area contributed by atoms with Gasteiger partial charge in [-0.2, -0.15) is 0 Å². The van der Waals surface area contributed by atoms with Crippen LogP contribution in [0.1, 0.15) is 23.2 Å². The first-order valence-corrected chi connectivity index (χ1v) is 7.44. The van der Waals surface area contributed by atoms with Crippen LogP contribution in [-0.2, 0) is 0 Å². The van der Waals surface area contributed by atoms with E-state index in [-0.39, 0.29) is 5.91 Å². The molecular formula is C17H20N4O. The monoisotopic (exact) mass is 296 g/mol. The van der Waals surface area contributed by atoms with Crippen LogP contribution in [0.25, 0.3) is 0 Å². The Labute approximate surface area is 130 Å². The first-order chi connectivity index (χ1) is 10.6. The van der Waals surface area contributed by atoms with E-state index in [2.05, 4.69) is 15.6 Å². The zero-order chi connectivity index (χ0) is 15.5. The Kier molecular flexibility index (Phi) is 3.96. The Bertz CT molecular complexity index is 680. The van der Waals surface area contributed by atoms with Gasteiger partial charge in [-0.05, 0) is 43.2 Å². The van der Waals surface area contributed by atoms with Crippen LogP contribution in [0.3, 0.4) is 0 Å². The largest absolute Gasteiger partial charge is 0.378 e. The van der Waals surface area contributed by atoms with Gasteiger partial charge in [0.05, 0.1) is 5.56 Å². The molecule has 1 aromatic carbocycles. The molecule has 1 heterocycles. The van der Waals surface area contributed by atoms with Gasteiger partial charge in [-0.3, -0.25) is 4.79 Å². The van der Waals surface area contributed by atoms with E-state index in [1.807, 2.05) is 43.3 Å². The molecule has 0 spiro atoms. The number of carbonyl (C=O) groups excluding carboxylic acids is 1. The van der Waals surface area contributed by atoms with Crippen molar-refractivity contribution in [2.75, 3.05) is 29.6 Å². The summed E-state index contributed by atoms with van der Waals surface area (Å²) in [4.78, 5) is 18.8. The Morgan fingerprint density at radius 1 is 1.23 bits per heavy atom. The van der Waals surface area contributed by atoms with E-state index in [1.54, 1.807) is 18.3 Å². The molecule has 0 saturated heterocycles. The average molecular weight is 296 g/mol. The average Bonchev–Trinajstić information content (AvgIpc) is 3.32. The number of amides is 1. The Balaban J connectivity index is 1.78. The molecule has 1 saturated carbocycles. The zero-order valence-electron chi connectivity index (χ0n) is 12.8. The second kappa shape index (κ2) is 6.05. The third-order valence-corrected chi connectivity index (χ3v) is 3.59. The lowest BCUT2D eigenvalue weighted by atomic mass is 10.2. The summed E-state index contributed by atoms with van der Waals surface area (Å²) < 4.78 is 0. The standard InChI is InChI=1S/C17H20N4O/c1-21(2)14-6-3-5-13(11-14)20-17(22)15-7-4-10-18-16(15)19-12-8-9-12/h3-7,10-12H,8-9H2,1-2H3,(H,18,19)(H,20,22). The van der Waals surface area contributed by atoms with Gasteiger partial charge in [-0.25, -0.2) is 4.98 Å². The van der Waals surface area contributed by atoms with Gasteiger partial charge in [-0.15, -0.1) is 0 Å². The van der Waals surface area contributed by atoms with Crippen molar-refractivity contribution in [2.24, 2.45) is 0 Å². The van der Waals surface area contributed by atoms with Gasteiger partial charge < -0.3 is 15.5 Å². The molecular weight excluding hydrogens is 276 g/mol. The summed E-state index contributed by atoms with van der Waals surface area (Å²) >= 11 is 0. The van der Waals surface area contributed by atoms with Gasteiger partial charge in [0.15, 0.2) is 0 Å². The number of carbonyl (C=O) groups is 1. The molecule has 1 aliphatic carbocycles. The molecule has 0 atom stereocenters. The molecule has 1 fully saturated rings. The summed E-state index contributed by atoms with van der Waals surface area (Å²) in [5.41, 5.74) is 2.39. The summed E-state index contributed by atoms with van der Waals surface area (Å²) in [7, 11) is 3.94. The van der Waals surface area contributed by atoms with E-state index in [9.17, 15) is 4.79 Å². The number of pyridine rings is 1. The number of anilines is 3. The van der Waals surface area contributed by atoms with Gasteiger partial charge in [0.25, 0.3) is 5.91 Å². The summed E-state index contributed by atoms with van der Waals surface area (Å²) in [6.07, 6.45) is 3.99. The number of hydrogen-bond acceptors (Lipinski definition) is 4. The number of benzene rings is 1. The lowest BCUT2D eigenvalue weighted by Gasteiger charge is -2.14. The molecule has 5 heteroatoms. The second-order valence-corrected chi connectivity index (χ2v) is 5.72. The number of rotatable bonds is 5. The van der Waals surface area contributed by atoms with Gasteiger partial charge in [-0.1, -0.05) is 6.07 Å². The summed E-state index contributed by atoms with van der Waals surface area (Å²) in [5.74, 6) is 0.512. The van der Waals surface area contributed by atoms with Crippen molar-refractivity contribution in [3.8, 4) is 0 Å². The fourth-order valence-electron chi connectivity index (χ4n) is 2.18. The van der Waals surface area contributed by atoms with Crippen LogP contribution in [-0.4, -0.2) is 31.0 Å². The molecule has 0 radical (unpaired) electrons. The predicted octanol–water partition coefficient (Wildman–Crippen LogP) is 2.97. The lowest BCUT2D eigenvalue weighted by molar-refractivity contribution is 0.102. The van der Waals surface area contributed by atoms with Crippen LogP contribution >= 0.6 is 0 Å². The maximum atomic E-state index is 12.5. The maximum Gasteiger partial charge on any atom is 0.259 e. The normalized spacial score (nSPS) is 13.5. The Hall–Kier alpha value is -2.56. The molecule has 5 nitrogen and oxygen atoms in total. The van der Waals surface area contributed by atoms with Crippen molar-refractivity contribution in [3.63, 3.8) is 0 Å². The smallest absolute Gasteiger partial charge is 0.259 e. The van der Waals surface area contributed by atoms with Crippen LogP contribution in [0.4, 0.5) is 17.2 Å². The minimum Gasteiger partial charge on any atom is -0.378 e. The first kappa shape index (κ1) is 14.4. The molecule has 0 bridgehead atoms. The van der Waals surface area contributed by atoms with Crippen LogP contribution < -0.4 is 15.5 Å². The van der Waals surface area contributed by atoms with Crippen LogP contribution in [0.2, 0.25) is 0 Å². The molecule has 2 aromatic rings. The third kappa shape index (κ3) is 3.36. The molecule has 114 valence electrons. The number of nitrogens with one attached hydrogen (secondary N) is 2. The molecule has 3 rings (SSSR count). The second-order valence-electron chi connectivity index (χ2n) is 5.72. The van der Waals surface area contributed by atoms with Crippen molar-refractivity contribution in [1.82, 2.24) is 4.98 Å². The maximum absolute atomic E-state index is 12.5. The van der Waals surface area contributed by atoms with Crippen LogP contribution in [0.5, 0.6) is 0 Å². The van der Waals surface area contributed by atoms with Crippen molar-refractivity contribution in [1.29, 1.82) is 0 Å². The van der Waals surface area contributed by atoms with E-state index < -0.39 is 0 Å². The molecule has 1 amide bonds. The highest BCUT2D eigenvalue weighted by molar-refractivity contribution is 6.07.